The minimum absolute atomic E-state index is 0.0660. The summed E-state index contributed by atoms with van der Waals surface area (Å²) in [5.41, 5.74) is 1.61. The van der Waals surface area contributed by atoms with Crippen molar-refractivity contribution in [1.82, 2.24) is 29.8 Å². The monoisotopic (exact) mass is 598 g/mol. The summed E-state index contributed by atoms with van der Waals surface area (Å²) < 4.78 is 44.5. The predicted octanol–water partition coefficient (Wildman–Crippen LogP) is 6.17. The van der Waals surface area contributed by atoms with Crippen LogP contribution >= 0.6 is 0 Å². The van der Waals surface area contributed by atoms with E-state index in [1.54, 1.807) is 30.1 Å². The number of aryl methyl sites for hydroxylation is 1. The summed E-state index contributed by atoms with van der Waals surface area (Å²) in [6.07, 6.45) is -0.107. The molecule has 0 spiro atoms. The average molecular weight is 599 g/mol. The maximum absolute atomic E-state index is 14.0. The number of anilines is 2. The van der Waals surface area contributed by atoms with E-state index >= 15 is 0 Å². The van der Waals surface area contributed by atoms with Crippen molar-refractivity contribution in [2.75, 3.05) is 17.2 Å². The molecule has 1 aliphatic carbocycles. The number of nitriles is 2. The molecule has 0 saturated heterocycles. The highest BCUT2D eigenvalue weighted by Gasteiger charge is 2.66. The lowest BCUT2D eigenvalue weighted by Crippen LogP contribution is -2.35. The van der Waals surface area contributed by atoms with Crippen molar-refractivity contribution in [2.24, 2.45) is 12.5 Å². The summed E-state index contributed by atoms with van der Waals surface area (Å²) in [7, 11) is 1.79. The first-order valence-electron chi connectivity index (χ1n) is 14.0. The van der Waals surface area contributed by atoms with Crippen LogP contribution in [0.15, 0.2) is 48.9 Å². The van der Waals surface area contributed by atoms with Crippen LogP contribution in [0.2, 0.25) is 0 Å². The van der Waals surface area contributed by atoms with Gasteiger partial charge in [-0.05, 0) is 30.4 Å². The third-order valence-electron chi connectivity index (χ3n) is 7.92. The van der Waals surface area contributed by atoms with Crippen molar-refractivity contribution in [3.63, 3.8) is 0 Å². The van der Waals surface area contributed by atoms with E-state index in [0.717, 1.165) is 15.6 Å². The Morgan fingerprint density at radius 1 is 1.07 bits per heavy atom. The minimum Gasteiger partial charge on any atom is -0.383 e. The molecule has 44 heavy (non-hydrogen) atoms. The molecule has 0 unspecified atom stereocenters. The zero-order valence-corrected chi connectivity index (χ0v) is 24.5. The van der Waals surface area contributed by atoms with Gasteiger partial charge in [0.1, 0.15) is 17.8 Å². The molecule has 2 aromatic carbocycles. The number of alkyl halides is 3. The van der Waals surface area contributed by atoms with Crippen LogP contribution in [0.5, 0.6) is 0 Å². The summed E-state index contributed by atoms with van der Waals surface area (Å²) in [4.78, 5) is 4.41. The molecule has 224 valence electrons. The van der Waals surface area contributed by atoms with Gasteiger partial charge in [-0.25, -0.2) is 4.68 Å². The molecule has 3 aromatic heterocycles. The normalized spacial score (nSPS) is 15.1. The number of benzene rings is 2. The highest BCUT2D eigenvalue weighted by atomic mass is 19.4. The third-order valence-corrected chi connectivity index (χ3v) is 7.92. The Bertz CT molecular complexity index is 1980. The molecule has 1 aliphatic rings. The van der Waals surface area contributed by atoms with Crippen LogP contribution in [-0.2, 0) is 12.6 Å². The number of para-hydroxylation sites is 1. The molecule has 0 bridgehead atoms. The number of fused-ring (bicyclic) bond motifs is 2. The van der Waals surface area contributed by atoms with Gasteiger partial charge in [0.15, 0.2) is 5.54 Å². The van der Waals surface area contributed by atoms with Gasteiger partial charge in [0.2, 0.25) is 0 Å². The first-order chi connectivity index (χ1) is 20.8. The van der Waals surface area contributed by atoms with Gasteiger partial charge in [-0.3, -0.25) is 9.67 Å². The highest BCUT2D eigenvalue weighted by molar-refractivity contribution is 5.99. The van der Waals surface area contributed by atoms with Gasteiger partial charge in [-0.15, -0.1) is 5.10 Å². The molecule has 3 heterocycles. The van der Waals surface area contributed by atoms with E-state index in [2.05, 4.69) is 63.9 Å². The molecule has 0 aliphatic heterocycles. The van der Waals surface area contributed by atoms with E-state index in [0.29, 0.717) is 39.9 Å². The van der Waals surface area contributed by atoms with Crippen molar-refractivity contribution in [3.05, 3.63) is 71.3 Å². The molecule has 1 fully saturated rings. The molecule has 0 radical (unpaired) electrons. The number of nitrogens with zero attached hydrogens (tertiary/aromatic N) is 8. The summed E-state index contributed by atoms with van der Waals surface area (Å²) in [5, 5.41) is 40.7. The maximum Gasteiger partial charge on any atom is 0.413 e. The summed E-state index contributed by atoms with van der Waals surface area (Å²) in [6.45, 7) is 6.73. The Labute approximate surface area is 251 Å². The fourth-order valence-corrected chi connectivity index (χ4v) is 5.45. The quantitative estimate of drug-likeness (QED) is 0.227. The smallest absolute Gasteiger partial charge is 0.383 e. The number of pyridine rings is 1. The summed E-state index contributed by atoms with van der Waals surface area (Å²) in [6, 6.07) is 12.6. The molecule has 2 N–H and O–H groups in total. The van der Waals surface area contributed by atoms with Crippen LogP contribution in [0, 0.1) is 28.1 Å². The Balaban J connectivity index is 1.51. The van der Waals surface area contributed by atoms with Crippen LogP contribution < -0.4 is 10.6 Å². The fourth-order valence-electron chi connectivity index (χ4n) is 5.45. The third kappa shape index (κ3) is 4.94. The number of hydrogen-bond acceptors (Lipinski definition) is 8. The van der Waals surface area contributed by atoms with Gasteiger partial charge in [-0.1, -0.05) is 44.2 Å². The number of nitrogens with one attached hydrogen (secondary N) is 2. The topological polar surface area (TPSA) is 133 Å². The zero-order chi connectivity index (χ0) is 31.4. The molecule has 1 atom stereocenters. The molecule has 13 heteroatoms. The molecular formula is C31H29F3N10. The van der Waals surface area contributed by atoms with Crippen molar-refractivity contribution in [2.45, 2.75) is 51.4 Å². The van der Waals surface area contributed by atoms with Gasteiger partial charge < -0.3 is 10.6 Å². The van der Waals surface area contributed by atoms with Crippen molar-refractivity contribution in [3.8, 4) is 12.1 Å². The lowest BCUT2D eigenvalue weighted by Gasteiger charge is -2.23. The Hall–Kier alpha value is -5.17. The molecule has 5 aromatic rings. The summed E-state index contributed by atoms with van der Waals surface area (Å²) in [5.74, 6) is 0. The van der Waals surface area contributed by atoms with Gasteiger partial charge >= 0.3 is 6.18 Å². The fraction of sp³-hybridized carbons (Fsp3) is 0.355. The Kier molecular flexibility index (Phi) is 6.72. The van der Waals surface area contributed by atoms with Crippen molar-refractivity contribution in [1.29, 1.82) is 10.5 Å². The van der Waals surface area contributed by atoms with Crippen LogP contribution in [0.25, 0.3) is 21.8 Å². The molecule has 6 rings (SSSR count). The SMILES string of the molecule is Cn1ncc2cccc([C@H](Nc3cc(C#N)c4ncc(C#N)c(NCC(C)(C)C)c4c3)c3cn(C4(C(F)(F)F)CC4)nn3)c21. The number of rotatable bonds is 7. The standard InChI is InChI=1S/C31H29F3N10/c1-29(2,3)17-38-26-20(13-36)14-37-25-19(12-35)10-21(11-23(25)26)40-27(22-7-5-6-18-15-39-43(4)28(18)22)24-16-44(42-41-24)30(8-9-30)31(32,33)34/h5-7,10-11,14-16,27,40H,8-9,17H2,1-4H3,(H,37,38)/t27-/m0/s1. The van der Waals surface area contributed by atoms with E-state index < -0.39 is 17.8 Å². The van der Waals surface area contributed by atoms with Crippen molar-refractivity contribution >= 4 is 33.2 Å². The van der Waals surface area contributed by atoms with Crippen molar-refractivity contribution < 1.29 is 13.2 Å². The lowest BCUT2D eigenvalue weighted by molar-refractivity contribution is -0.182. The minimum atomic E-state index is -4.47. The average Bonchev–Trinajstić information content (AvgIpc) is 3.52. The van der Waals surface area contributed by atoms with Crippen LogP contribution in [-0.4, -0.2) is 42.5 Å². The largest absolute Gasteiger partial charge is 0.413 e. The van der Waals surface area contributed by atoms with Gasteiger partial charge in [0.25, 0.3) is 0 Å². The summed E-state index contributed by atoms with van der Waals surface area (Å²) >= 11 is 0. The van der Waals surface area contributed by atoms with E-state index in [9.17, 15) is 23.7 Å². The maximum atomic E-state index is 14.0. The molecule has 0 amide bonds. The second-order valence-corrected chi connectivity index (χ2v) is 12.4. The van der Waals surface area contributed by atoms with Crippen LogP contribution in [0.4, 0.5) is 24.5 Å². The molecule has 10 nitrogen and oxygen atoms in total. The number of aromatic nitrogens is 6. The Morgan fingerprint density at radius 2 is 1.82 bits per heavy atom. The highest BCUT2D eigenvalue weighted by Crippen LogP contribution is 2.55. The lowest BCUT2D eigenvalue weighted by atomic mass is 9.96. The predicted molar refractivity (Wildman–Crippen MR) is 159 cm³/mol. The Morgan fingerprint density at radius 3 is 2.48 bits per heavy atom. The first-order valence-corrected chi connectivity index (χ1v) is 14.0. The van der Waals surface area contributed by atoms with E-state index in [1.807, 2.05) is 18.2 Å². The zero-order valence-electron chi connectivity index (χ0n) is 24.5. The van der Waals surface area contributed by atoms with Gasteiger partial charge in [0, 0.05) is 41.8 Å². The second kappa shape index (κ2) is 10.2. The van der Waals surface area contributed by atoms with E-state index in [1.165, 1.54) is 12.4 Å². The van der Waals surface area contributed by atoms with Gasteiger partial charge in [0.05, 0.1) is 46.3 Å². The number of hydrogen-bond donors (Lipinski definition) is 2. The molecule has 1 saturated carbocycles. The van der Waals surface area contributed by atoms with E-state index in [-0.39, 0.29) is 29.5 Å². The second-order valence-electron chi connectivity index (χ2n) is 12.4. The van der Waals surface area contributed by atoms with Crippen LogP contribution in [0.1, 0.15) is 62.0 Å². The number of halogens is 3. The van der Waals surface area contributed by atoms with E-state index in [4.69, 9.17) is 0 Å². The van der Waals surface area contributed by atoms with Gasteiger partial charge in [-0.2, -0.15) is 28.8 Å². The van der Waals surface area contributed by atoms with Crippen LogP contribution in [0.3, 0.4) is 0 Å². The first kappa shape index (κ1) is 28.9. The molecular weight excluding hydrogens is 569 g/mol.